The van der Waals surface area contributed by atoms with Gasteiger partial charge in [-0.05, 0) is 25.0 Å². The Morgan fingerprint density at radius 3 is 1.82 bits per heavy atom. The molecule has 0 atom stereocenters. The van der Waals surface area contributed by atoms with Crippen molar-refractivity contribution in [2.24, 2.45) is 5.41 Å². The summed E-state index contributed by atoms with van der Waals surface area (Å²) < 4.78 is 7.44. The maximum absolute atomic E-state index is 13.5. The summed E-state index contributed by atoms with van der Waals surface area (Å²) in [7, 11) is 0. The van der Waals surface area contributed by atoms with Crippen molar-refractivity contribution in [3.63, 3.8) is 0 Å². The lowest BCUT2D eigenvalue weighted by Gasteiger charge is -2.29. The molecule has 0 unspecified atom stereocenters. The lowest BCUT2D eigenvalue weighted by molar-refractivity contribution is -0.153. The molecule has 5 nitrogen and oxygen atoms in total. The number of hydrogen-bond acceptors (Lipinski definition) is 6. The van der Waals surface area contributed by atoms with E-state index in [2.05, 4.69) is 18.8 Å². The Labute approximate surface area is 238 Å². The molecule has 0 spiro atoms. The predicted molar refractivity (Wildman–Crippen MR) is 161 cm³/mol. The minimum atomic E-state index is -0.972. The van der Waals surface area contributed by atoms with Crippen molar-refractivity contribution in [2.45, 2.75) is 140 Å². The number of benzene rings is 1. The van der Waals surface area contributed by atoms with E-state index < -0.39 is 17.4 Å². The van der Waals surface area contributed by atoms with Crippen LogP contribution in [0.25, 0.3) is 10.2 Å². The van der Waals surface area contributed by atoms with Crippen LogP contribution >= 0.6 is 23.4 Å². The maximum Gasteiger partial charge on any atom is 0.325 e. The van der Waals surface area contributed by atoms with Crippen LogP contribution in [-0.4, -0.2) is 22.0 Å². The number of hydrogen-bond donors (Lipinski definition) is 1. The standard InChI is InChI=1S/C31H49NO4S2/c1-3-5-7-9-11-13-15-19-23-31(25-28(33)34,24-20-16-14-12-10-8-6-4-2)29(35)36-38-30-32-26-21-17-18-22-27(26)37-30/h17-18,21-22H,3-16,19-20,23-25H2,1-2H3,(H,33,34). The van der Waals surface area contributed by atoms with Gasteiger partial charge in [-0.3, -0.25) is 9.59 Å². The minimum Gasteiger partial charge on any atom is -0.481 e. The van der Waals surface area contributed by atoms with Crippen LogP contribution in [-0.2, 0) is 13.8 Å². The van der Waals surface area contributed by atoms with Gasteiger partial charge in [0.15, 0.2) is 4.34 Å². The summed E-state index contributed by atoms with van der Waals surface area (Å²) in [4.78, 5) is 30.0. The molecule has 1 aromatic heterocycles. The third-order valence-electron chi connectivity index (χ3n) is 7.40. The number of carbonyl (C=O) groups is 2. The van der Waals surface area contributed by atoms with E-state index in [9.17, 15) is 14.7 Å². The molecule has 0 saturated heterocycles. The zero-order chi connectivity index (χ0) is 27.5. The van der Waals surface area contributed by atoms with E-state index in [0.717, 1.165) is 60.8 Å². The maximum atomic E-state index is 13.5. The smallest absolute Gasteiger partial charge is 0.325 e. The third kappa shape index (κ3) is 12.5. The summed E-state index contributed by atoms with van der Waals surface area (Å²) in [6, 6.07) is 7.84. The molecular formula is C31H49NO4S2. The fourth-order valence-electron chi connectivity index (χ4n) is 5.11. The van der Waals surface area contributed by atoms with Crippen molar-refractivity contribution in [1.29, 1.82) is 0 Å². The van der Waals surface area contributed by atoms with Crippen LogP contribution in [0.5, 0.6) is 0 Å². The summed E-state index contributed by atoms with van der Waals surface area (Å²) in [6.45, 7) is 4.45. The molecule has 0 aliphatic heterocycles. The fourth-order valence-corrected chi connectivity index (χ4v) is 6.77. The van der Waals surface area contributed by atoms with Crippen molar-refractivity contribution >= 4 is 45.5 Å². The number of fused-ring (bicyclic) bond motifs is 1. The molecule has 0 saturated carbocycles. The predicted octanol–water partition coefficient (Wildman–Crippen LogP) is 10.4. The monoisotopic (exact) mass is 563 g/mol. The van der Waals surface area contributed by atoms with Crippen molar-refractivity contribution < 1.29 is 18.9 Å². The normalized spacial score (nSPS) is 11.7. The van der Waals surface area contributed by atoms with Gasteiger partial charge in [0.2, 0.25) is 0 Å². The SMILES string of the molecule is CCCCCCCCCCC(CCCCCCCCCC)(CC(=O)O)C(=O)OSc1nc2ccccc2s1. The molecule has 0 aliphatic carbocycles. The molecule has 38 heavy (non-hydrogen) atoms. The van der Waals surface area contributed by atoms with Crippen molar-refractivity contribution in [3.05, 3.63) is 24.3 Å². The summed E-state index contributed by atoms with van der Waals surface area (Å²) in [5.74, 6) is -1.32. The molecular weight excluding hydrogens is 514 g/mol. The average molecular weight is 564 g/mol. The van der Waals surface area contributed by atoms with E-state index in [1.807, 2.05) is 24.3 Å². The van der Waals surface area contributed by atoms with Crippen LogP contribution in [0.1, 0.15) is 136 Å². The number of carbonyl (C=O) groups excluding carboxylic acids is 1. The summed E-state index contributed by atoms with van der Waals surface area (Å²) >= 11 is 2.47. The number of thiazole rings is 1. The number of para-hydroxylation sites is 1. The Kier molecular flexibility index (Phi) is 16.7. The second kappa shape index (κ2) is 19.5. The first-order valence-electron chi connectivity index (χ1n) is 15.0. The second-order valence-corrected chi connectivity index (χ2v) is 12.7. The van der Waals surface area contributed by atoms with Crippen LogP contribution in [0.3, 0.4) is 0 Å². The first kappa shape index (κ1) is 32.6. The number of nitrogens with zero attached hydrogens (tertiary/aromatic N) is 1. The zero-order valence-electron chi connectivity index (χ0n) is 23.7. The van der Waals surface area contributed by atoms with Gasteiger partial charge in [-0.15, -0.1) is 11.3 Å². The molecule has 0 aliphatic rings. The van der Waals surface area contributed by atoms with Gasteiger partial charge in [-0.2, -0.15) is 0 Å². The summed E-state index contributed by atoms with van der Waals surface area (Å²) in [5, 5.41) is 9.80. The number of aromatic nitrogens is 1. The summed E-state index contributed by atoms with van der Waals surface area (Å²) in [6.07, 6.45) is 19.6. The molecule has 0 amide bonds. The van der Waals surface area contributed by atoms with Gasteiger partial charge in [0.05, 0.1) is 22.1 Å². The van der Waals surface area contributed by atoms with Gasteiger partial charge in [0, 0.05) is 0 Å². The first-order valence-corrected chi connectivity index (χ1v) is 16.5. The Hall–Kier alpha value is -1.60. The lowest BCUT2D eigenvalue weighted by Crippen LogP contribution is -2.34. The fraction of sp³-hybridized carbons (Fsp3) is 0.710. The van der Waals surface area contributed by atoms with Gasteiger partial charge in [0.1, 0.15) is 12.0 Å². The second-order valence-electron chi connectivity index (χ2n) is 10.7. The van der Waals surface area contributed by atoms with Gasteiger partial charge >= 0.3 is 11.9 Å². The van der Waals surface area contributed by atoms with Crippen molar-refractivity contribution in [1.82, 2.24) is 4.98 Å². The molecule has 0 bridgehead atoms. The van der Waals surface area contributed by atoms with Gasteiger partial charge in [-0.25, -0.2) is 4.98 Å². The third-order valence-corrected chi connectivity index (χ3v) is 9.16. The Balaban J connectivity index is 1.97. The van der Waals surface area contributed by atoms with Crippen LogP contribution in [0.4, 0.5) is 0 Å². The number of unbranched alkanes of at least 4 members (excludes halogenated alkanes) is 14. The number of rotatable bonds is 23. The first-order chi connectivity index (χ1) is 18.5. The van der Waals surface area contributed by atoms with E-state index >= 15 is 0 Å². The highest BCUT2D eigenvalue weighted by atomic mass is 32.2. The van der Waals surface area contributed by atoms with Crippen molar-refractivity contribution in [3.8, 4) is 0 Å². The Morgan fingerprint density at radius 2 is 1.32 bits per heavy atom. The molecule has 2 rings (SSSR count). The van der Waals surface area contributed by atoms with Crippen LogP contribution in [0.15, 0.2) is 28.6 Å². The van der Waals surface area contributed by atoms with E-state index in [1.165, 1.54) is 75.5 Å². The Morgan fingerprint density at radius 1 is 0.816 bits per heavy atom. The molecule has 214 valence electrons. The van der Waals surface area contributed by atoms with Crippen molar-refractivity contribution in [2.75, 3.05) is 0 Å². The summed E-state index contributed by atoms with van der Waals surface area (Å²) in [5.41, 5.74) is -0.0920. The largest absolute Gasteiger partial charge is 0.481 e. The number of carboxylic acid groups (broad SMARTS) is 1. The minimum absolute atomic E-state index is 0.167. The number of aliphatic carboxylic acids is 1. The Bertz CT molecular complexity index is 876. The highest BCUT2D eigenvalue weighted by Gasteiger charge is 2.41. The van der Waals surface area contributed by atoms with E-state index in [0.29, 0.717) is 17.2 Å². The van der Waals surface area contributed by atoms with E-state index in [1.54, 1.807) is 0 Å². The number of carboxylic acids is 1. The van der Waals surface area contributed by atoms with Gasteiger partial charge in [0.25, 0.3) is 0 Å². The van der Waals surface area contributed by atoms with Crippen LogP contribution < -0.4 is 0 Å². The molecule has 0 fully saturated rings. The van der Waals surface area contributed by atoms with E-state index in [-0.39, 0.29) is 6.42 Å². The highest BCUT2D eigenvalue weighted by Crippen LogP contribution is 2.40. The van der Waals surface area contributed by atoms with E-state index in [4.69, 9.17) is 4.18 Å². The molecule has 7 heteroatoms. The zero-order valence-corrected chi connectivity index (χ0v) is 25.3. The molecule has 1 N–H and O–H groups in total. The molecule has 1 aromatic carbocycles. The van der Waals surface area contributed by atoms with Crippen LogP contribution in [0.2, 0.25) is 0 Å². The molecule has 2 aromatic rings. The topological polar surface area (TPSA) is 76.5 Å². The molecule has 0 radical (unpaired) electrons. The lowest BCUT2D eigenvalue weighted by atomic mass is 9.75. The highest BCUT2D eigenvalue weighted by molar-refractivity contribution is 7.97. The van der Waals surface area contributed by atoms with Crippen LogP contribution in [0, 0.1) is 5.41 Å². The van der Waals surface area contributed by atoms with Gasteiger partial charge < -0.3 is 9.29 Å². The average Bonchev–Trinajstić information content (AvgIpc) is 3.33. The van der Waals surface area contributed by atoms with Gasteiger partial charge in [-0.1, -0.05) is 129 Å². The molecule has 1 heterocycles. The quantitative estimate of drug-likeness (QED) is 0.107.